The van der Waals surface area contributed by atoms with Gasteiger partial charge in [-0.3, -0.25) is 24.3 Å². The number of hydrogen-bond donors (Lipinski definition) is 0. The van der Waals surface area contributed by atoms with E-state index in [0.29, 0.717) is 23.0 Å². The summed E-state index contributed by atoms with van der Waals surface area (Å²) in [6.07, 6.45) is 1.51. The molecular weight excluding hydrogens is 324 g/mol. The Labute approximate surface area is 137 Å². The summed E-state index contributed by atoms with van der Waals surface area (Å²) in [5, 5.41) is 19.7. The zero-order chi connectivity index (χ0) is 17.3. The van der Waals surface area contributed by atoms with Crippen LogP contribution >= 0.6 is 11.6 Å². The zero-order valence-electron chi connectivity index (χ0n) is 13.3. The largest absolute Gasteiger partial charge is 0.334 e. The highest BCUT2D eigenvalue weighted by Crippen LogP contribution is 2.24. The van der Waals surface area contributed by atoms with Crippen LogP contribution in [0.3, 0.4) is 0 Å². The fourth-order valence-corrected chi connectivity index (χ4v) is 2.46. The van der Waals surface area contributed by atoms with Crippen molar-refractivity contribution in [2.24, 2.45) is 7.05 Å². The lowest BCUT2D eigenvalue weighted by atomic mass is 10.2. The lowest BCUT2D eigenvalue weighted by molar-refractivity contribution is -0.385. The van der Waals surface area contributed by atoms with Crippen molar-refractivity contribution in [2.75, 3.05) is 7.05 Å². The van der Waals surface area contributed by atoms with Gasteiger partial charge in [-0.15, -0.1) is 0 Å². The van der Waals surface area contributed by atoms with Crippen LogP contribution in [0.5, 0.6) is 0 Å². The Balaban J connectivity index is 2.32. The maximum Gasteiger partial charge on any atom is 0.322 e. The van der Waals surface area contributed by atoms with Crippen LogP contribution in [0.2, 0.25) is 5.02 Å². The summed E-state index contributed by atoms with van der Waals surface area (Å²) in [4.78, 5) is 24.5. The quantitative estimate of drug-likeness (QED) is 0.610. The standard InChI is InChI=1S/C13H17ClN6O3/c1-5-19-10(9(14)6-15-19)7-17(3)13(21)11-12(20(22)23)8(2)18(4)16-11/h6H,5,7H2,1-4H3. The molecule has 1 amide bonds. The normalized spacial score (nSPS) is 10.8. The van der Waals surface area contributed by atoms with E-state index >= 15 is 0 Å². The number of amides is 1. The molecule has 0 atom stereocenters. The summed E-state index contributed by atoms with van der Waals surface area (Å²) in [7, 11) is 3.10. The van der Waals surface area contributed by atoms with Gasteiger partial charge in [0, 0.05) is 20.6 Å². The average molecular weight is 341 g/mol. The van der Waals surface area contributed by atoms with Crippen molar-refractivity contribution in [3.8, 4) is 0 Å². The van der Waals surface area contributed by atoms with E-state index in [9.17, 15) is 14.9 Å². The summed E-state index contributed by atoms with van der Waals surface area (Å²) in [5.41, 5.74) is 0.527. The number of aryl methyl sites for hydroxylation is 2. The number of rotatable bonds is 5. The molecule has 0 fully saturated rings. The minimum Gasteiger partial charge on any atom is -0.334 e. The van der Waals surface area contributed by atoms with Gasteiger partial charge in [0.1, 0.15) is 5.69 Å². The number of nitrogens with zero attached hydrogens (tertiary/aromatic N) is 6. The van der Waals surface area contributed by atoms with E-state index in [1.165, 1.54) is 15.8 Å². The topological polar surface area (TPSA) is 99.1 Å². The van der Waals surface area contributed by atoms with Gasteiger partial charge in [-0.25, -0.2) is 0 Å². The van der Waals surface area contributed by atoms with Crippen LogP contribution in [0.1, 0.15) is 28.8 Å². The van der Waals surface area contributed by atoms with Crippen LogP contribution in [0.25, 0.3) is 0 Å². The number of carbonyl (C=O) groups is 1. The molecule has 2 aromatic rings. The second kappa shape index (κ2) is 6.37. The number of halogens is 1. The smallest absolute Gasteiger partial charge is 0.322 e. The van der Waals surface area contributed by atoms with Gasteiger partial charge in [0.2, 0.25) is 5.69 Å². The Morgan fingerprint density at radius 3 is 2.74 bits per heavy atom. The first-order valence-electron chi connectivity index (χ1n) is 6.91. The van der Waals surface area contributed by atoms with Crippen LogP contribution in [0.15, 0.2) is 6.20 Å². The summed E-state index contributed by atoms with van der Waals surface area (Å²) in [6, 6.07) is 0. The molecule has 0 saturated heterocycles. The minimum atomic E-state index is -0.591. The van der Waals surface area contributed by atoms with Crippen molar-refractivity contribution >= 4 is 23.2 Å². The summed E-state index contributed by atoms with van der Waals surface area (Å²) in [5.74, 6) is -0.541. The maximum atomic E-state index is 12.5. The van der Waals surface area contributed by atoms with E-state index in [4.69, 9.17) is 11.6 Å². The monoisotopic (exact) mass is 340 g/mol. The molecule has 0 aliphatic carbocycles. The lowest BCUT2D eigenvalue weighted by Gasteiger charge is -2.16. The van der Waals surface area contributed by atoms with Crippen LogP contribution in [-0.4, -0.2) is 42.3 Å². The van der Waals surface area contributed by atoms with E-state index in [2.05, 4.69) is 10.2 Å². The fourth-order valence-electron chi connectivity index (χ4n) is 2.25. The Morgan fingerprint density at radius 1 is 1.52 bits per heavy atom. The van der Waals surface area contributed by atoms with Crippen LogP contribution in [0.4, 0.5) is 5.69 Å². The van der Waals surface area contributed by atoms with Gasteiger partial charge in [-0.2, -0.15) is 10.2 Å². The van der Waals surface area contributed by atoms with E-state index in [0.717, 1.165) is 0 Å². The highest BCUT2D eigenvalue weighted by Gasteiger charge is 2.31. The Bertz CT molecular complexity index is 766. The van der Waals surface area contributed by atoms with Gasteiger partial charge in [0.25, 0.3) is 5.91 Å². The van der Waals surface area contributed by atoms with Gasteiger partial charge < -0.3 is 4.90 Å². The van der Waals surface area contributed by atoms with E-state index in [1.807, 2.05) is 6.92 Å². The van der Waals surface area contributed by atoms with Crippen molar-refractivity contribution in [3.63, 3.8) is 0 Å². The first-order valence-corrected chi connectivity index (χ1v) is 7.29. The average Bonchev–Trinajstić information content (AvgIpc) is 2.99. The Hall–Kier alpha value is -2.42. The lowest BCUT2D eigenvalue weighted by Crippen LogP contribution is -2.28. The van der Waals surface area contributed by atoms with Crippen molar-refractivity contribution in [1.29, 1.82) is 0 Å². The fraction of sp³-hybridized carbons (Fsp3) is 0.462. The maximum absolute atomic E-state index is 12.5. The number of nitro groups is 1. The van der Waals surface area contributed by atoms with Gasteiger partial charge in [0.15, 0.2) is 0 Å². The molecule has 9 nitrogen and oxygen atoms in total. The first kappa shape index (κ1) is 16.9. The third-order valence-corrected chi connectivity index (χ3v) is 3.93. The SMILES string of the molecule is CCn1ncc(Cl)c1CN(C)C(=O)c1nn(C)c(C)c1[N+](=O)[O-]. The molecule has 0 aliphatic heterocycles. The van der Waals surface area contributed by atoms with E-state index in [1.54, 1.807) is 25.7 Å². The summed E-state index contributed by atoms with van der Waals surface area (Å²) < 4.78 is 2.99. The third-order valence-electron chi connectivity index (χ3n) is 3.62. The molecule has 0 aliphatic rings. The van der Waals surface area contributed by atoms with Crippen LogP contribution < -0.4 is 0 Å². The molecule has 0 spiro atoms. The van der Waals surface area contributed by atoms with E-state index in [-0.39, 0.29) is 17.9 Å². The summed E-state index contributed by atoms with van der Waals surface area (Å²) >= 11 is 6.08. The molecule has 2 aromatic heterocycles. The second-order valence-corrected chi connectivity index (χ2v) is 5.49. The molecule has 124 valence electrons. The molecular formula is C13H17ClN6O3. The Kier molecular flexibility index (Phi) is 4.69. The predicted molar refractivity (Wildman–Crippen MR) is 83.3 cm³/mol. The molecule has 10 heteroatoms. The van der Waals surface area contributed by atoms with Crippen molar-refractivity contribution in [3.05, 3.63) is 38.4 Å². The molecule has 0 bridgehead atoms. The third kappa shape index (κ3) is 3.04. The molecule has 23 heavy (non-hydrogen) atoms. The highest BCUT2D eigenvalue weighted by atomic mass is 35.5. The van der Waals surface area contributed by atoms with Crippen LogP contribution in [-0.2, 0) is 20.1 Å². The zero-order valence-corrected chi connectivity index (χ0v) is 14.0. The van der Waals surface area contributed by atoms with Gasteiger partial charge in [-0.05, 0) is 13.8 Å². The molecule has 2 heterocycles. The molecule has 0 aromatic carbocycles. The van der Waals surface area contributed by atoms with Crippen molar-refractivity contribution in [2.45, 2.75) is 26.9 Å². The van der Waals surface area contributed by atoms with Crippen molar-refractivity contribution < 1.29 is 9.72 Å². The molecule has 0 N–H and O–H groups in total. The van der Waals surface area contributed by atoms with Gasteiger partial charge >= 0.3 is 5.69 Å². The number of aromatic nitrogens is 4. The molecule has 2 rings (SSSR count). The minimum absolute atomic E-state index is 0.179. The molecule has 0 radical (unpaired) electrons. The predicted octanol–water partition coefficient (Wildman–Crippen LogP) is 1.78. The van der Waals surface area contributed by atoms with Crippen LogP contribution in [0, 0.1) is 17.0 Å². The number of hydrogen-bond acceptors (Lipinski definition) is 5. The summed E-state index contributed by atoms with van der Waals surface area (Å²) in [6.45, 7) is 4.23. The highest BCUT2D eigenvalue weighted by molar-refractivity contribution is 6.31. The second-order valence-electron chi connectivity index (χ2n) is 5.08. The molecule has 0 saturated carbocycles. The van der Waals surface area contributed by atoms with Gasteiger partial charge in [0.05, 0.1) is 28.4 Å². The molecule has 0 unspecified atom stereocenters. The first-order chi connectivity index (χ1) is 10.8. The number of carbonyl (C=O) groups excluding carboxylic acids is 1. The van der Waals surface area contributed by atoms with E-state index < -0.39 is 10.8 Å². The van der Waals surface area contributed by atoms with Crippen molar-refractivity contribution in [1.82, 2.24) is 24.5 Å². The Morgan fingerprint density at radius 2 is 2.17 bits per heavy atom. The van der Waals surface area contributed by atoms with Gasteiger partial charge in [-0.1, -0.05) is 11.6 Å².